The summed E-state index contributed by atoms with van der Waals surface area (Å²) in [4.78, 5) is 40.0. The molecule has 2 aliphatic heterocycles. The van der Waals surface area contributed by atoms with E-state index in [9.17, 15) is 14.4 Å². The zero-order valence-electron chi connectivity index (χ0n) is 16.8. The monoisotopic (exact) mass is 386 g/mol. The first-order chi connectivity index (χ1) is 13.4. The highest BCUT2D eigenvalue weighted by atomic mass is 16.2. The Bertz CT molecular complexity index is 724. The highest BCUT2D eigenvalue weighted by Gasteiger charge is 2.38. The van der Waals surface area contributed by atoms with Gasteiger partial charge in [-0.1, -0.05) is 0 Å². The van der Waals surface area contributed by atoms with E-state index in [1.165, 1.54) is 0 Å². The van der Waals surface area contributed by atoms with E-state index < -0.39 is 0 Å². The lowest BCUT2D eigenvalue weighted by atomic mass is 9.73. The molecular weight excluding hydrogens is 356 g/mol. The summed E-state index contributed by atoms with van der Waals surface area (Å²) in [6.07, 6.45) is 4.44. The molecule has 0 aliphatic carbocycles. The molecule has 0 saturated carbocycles. The molecule has 28 heavy (non-hydrogen) atoms. The summed E-state index contributed by atoms with van der Waals surface area (Å²) >= 11 is 0. The number of anilines is 1. The van der Waals surface area contributed by atoms with Gasteiger partial charge in [-0.05, 0) is 62.3 Å². The summed E-state index contributed by atoms with van der Waals surface area (Å²) in [6, 6.07) is 6.82. The lowest BCUT2D eigenvalue weighted by molar-refractivity contribution is -0.129. The molecule has 2 heterocycles. The van der Waals surface area contributed by atoms with E-state index in [2.05, 4.69) is 10.6 Å². The molecule has 7 heteroatoms. The minimum absolute atomic E-state index is 0.109. The SMILES string of the molecule is CCNC(=O)c1ccc(NC(=O)N2CCC3(CCC(=O)N(C)CC3)CC2)cc1. The van der Waals surface area contributed by atoms with Crippen molar-refractivity contribution in [1.29, 1.82) is 0 Å². The molecule has 1 aromatic carbocycles. The number of nitrogens with zero attached hydrogens (tertiary/aromatic N) is 2. The lowest BCUT2D eigenvalue weighted by Crippen LogP contribution is -2.45. The van der Waals surface area contributed by atoms with Crippen LogP contribution in [0.5, 0.6) is 0 Å². The molecule has 2 N–H and O–H groups in total. The Kier molecular flexibility index (Phi) is 6.21. The number of urea groups is 1. The lowest BCUT2D eigenvalue weighted by Gasteiger charge is -2.41. The summed E-state index contributed by atoms with van der Waals surface area (Å²) in [6.45, 7) is 4.68. The van der Waals surface area contributed by atoms with Gasteiger partial charge in [-0.25, -0.2) is 4.79 Å². The van der Waals surface area contributed by atoms with Gasteiger partial charge in [-0.3, -0.25) is 9.59 Å². The normalized spacial score (nSPS) is 19.3. The van der Waals surface area contributed by atoms with E-state index in [0.29, 0.717) is 37.3 Å². The summed E-state index contributed by atoms with van der Waals surface area (Å²) in [5.41, 5.74) is 1.44. The highest BCUT2D eigenvalue weighted by molar-refractivity contribution is 5.95. The molecule has 1 spiro atoms. The van der Waals surface area contributed by atoms with Gasteiger partial charge in [-0.15, -0.1) is 0 Å². The standard InChI is InChI=1S/C21H30N4O3/c1-3-22-19(27)16-4-6-17(7-5-16)23-20(28)25-14-11-21(12-15-25)9-8-18(26)24(2)13-10-21/h4-7H,3,8-15H2,1-2H3,(H,22,27)(H,23,28). The molecular formula is C21H30N4O3. The quantitative estimate of drug-likeness (QED) is 0.838. The smallest absolute Gasteiger partial charge is 0.321 e. The van der Waals surface area contributed by atoms with E-state index >= 15 is 0 Å². The van der Waals surface area contributed by atoms with Crippen LogP contribution in [-0.4, -0.2) is 60.9 Å². The Morgan fingerprint density at radius 3 is 2.32 bits per heavy atom. The van der Waals surface area contributed by atoms with Gasteiger partial charge in [-0.2, -0.15) is 0 Å². The van der Waals surface area contributed by atoms with E-state index in [4.69, 9.17) is 0 Å². The minimum atomic E-state index is -0.116. The Morgan fingerprint density at radius 1 is 1.04 bits per heavy atom. The second-order valence-corrected chi connectivity index (χ2v) is 7.92. The number of benzene rings is 1. The van der Waals surface area contributed by atoms with Crippen molar-refractivity contribution in [2.24, 2.45) is 5.41 Å². The zero-order chi connectivity index (χ0) is 20.1. The second kappa shape index (κ2) is 8.63. The number of rotatable bonds is 3. The number of piperidine rings is 1. The molecule has 2 aliphatic rings. The minimum Gasteiger partial charge on any atom is -0.352 e. The first-order valence-electron chi connectivity index (χ1n) is 10.1. The Hall–Kier alpha value is -2.57. The number of amides is 4. The average Bonchev–Trinajstić information content (AvgIpc) is 2.84. The van der Waals surface area contributed by atoms with Gasteiger partial charge >= 0.3 is 6.03 Å². The number of carbonyl (C=O) groups excluding carboxylic acids is 3. The van der Waals surface area contributed by atoms with Crippen molar-refractivity contribution in [3.63, 3.8) is 0 Å². The highest BCUT2D eigenvalue weighted by Crippen LogP contribution is 2.41. The molecule has 1 aromatic rings. The molecule has 0 atom stereocenters. The number of hydrogen-bond donors (Lipinski definition) is 2. The van der Waals surface area contributed by atoms with Crippen LogP contribution >= 0.6 is 0 Å². The topological polar surface area (TPSA) is 81.8 Å². The molecule has 0 bridgehead atoms. The fourth-order valence-electron chi connectivity index (χ4n) is 4.07. The van der Waals surface area contributed by atoms with Crippen LogP contribution in [0.1, 0.15) is 49.4 Å². The Labute approximate surface area is 166 Å². The van der Waals surface area contributed by atoms with Crippen LogP contribution in [0.25, 0.3) is 0 Å². The van der Waals surface area contributed by atoms with Gasteiger partial charge < -0.3 is 20.4 Å². The van der Waals surface area contributed by atoms with Gasteiger partial charge in [0.05, 0.1) is 0 Å². The van der Waals surface area contributed by atoms with Crippen LogP contribution in [-0.2, 0) is 4.79 Å². The summed E-state index contributed by atoms with van der Waals surface area (Å²) in [5, 5.41) is 5.67. The average molecular weight is 386 g/mol. The van der Waals surface area contributed by atoms with E-state index in [-0.39, 0.29) is 23.3 Å². The van der Waals surface area contributed by atoms with Crippen molar-refractivity contribution in [2.45, 2.75) is 39.0 Å². The molecule has 152 valence electrons. The maximum Gasteiger partial charge on any atom is 0.321 e. The van der Waals surface area contributed by atoms with Crippen LogP contribution in [0.4, 0.5) is 10.5 Å². The Morgan fingerprint density at radius 2 is 1.68 bits per heavy atom. The fraction of sp³-hybridized carbons (Fsp3) is 0.571. The third-order valence-corrected chi connectivity index (χ3v) is 6.12. The van der Waals surface area contributed by atoms with Crippen LogP contribution in [0, 0.1) is 5.41 Å². The van der Waals surface area contributed by atoms with Gasteiger partial charge in [0, 0.05) is 50.9 Å². The van der Waals surface area contributed by atoms with Crippen molar-refractivity contribution >= 4 is 23.5 Å². The predicted molar refractivity (Wildman–Crippen MR) is 108 cm³/mol. The molecule has 0 radical (unpaired) electrons. The molecule has 4 amide bonds. The third-order valence-electron chi connectivity index (χ3n) is 6.12. The molecule has 2 fully saturated rings. The van der Waals surface area contributed by atoms with Gasteiger partial charge in [0.25, 0.3) is 5.91 Å². The number of nitrogens with one attached hydrogen (secondary N) is 2. The first kappa shape index (κ1) is 20.2. The molecule has 0 unspecified atom stereocenters. The number of carbonyl (C=O) groups is 3. The van der Waals surface area contributed by atoms with Gasteiger partial charge in [0.2, 0.25) is 5.91 Å². The van der Waals surface area contributed by atoms with Crippen molar-refractivity contribution in [3.05, 3.63) is 29.8 Å². The number of likely N-dealkylation sites (tertiary alicyclic amines) is 2. The summed E-state index contributed by atoms with van der Waals surface area (Å²) < 4.78 is 0. The molecule has 7 nitrogen and oxygen atoms in total. The number of hydrogen-bond acceptors (Lipinski definition) is 3. The van der Waals surface area contributed by atoms with E-state index in [0.717, 1.165) is 32.2 Å². The van der Waals surface area contributed by atoms with Crippen LogP contribution in [0.15, 0.2) is 24.3 Å². The fourth-order valence-corrected chi connectivity index (χ4v) is 4.07. The summed E-state index contributed by atoms with van der Waals surface area (Å²) in [7, 11) is 1.88. The van der Waals surface area contributed by atoms with Crippen LogP contribution in [0.3, 0.4) is 0 Å². The largest absolute Gasteiger partial charge is 0.352 e. The van der Waals surface area contributed by atoms with Crippen LogP contribution < -0.4 is 10.6 Å². The van der Waals surface area contributed by atoms with Crippen molar-refractivity contribution < 1.29 is 14.4 Å². The van der Waals surface area contributed by atoms with Gasteiger partial charge in [0.1, 0.15) is 0 Å². The first-order valence-corrected chi connectivity index (χ1v) is 10.1. The molecule has 0 aromatic heterocycles. The maximum absolute atomic E-state index is 12.6. The summed E-state index contributed by atoms with van der Waals surface area (Å²) in [5.74, 6) is 0.113. The van der Waals surface area contributed by atoms with Crippen LogP contribution in [0.2, 0.25) is 0 Å². The maximum atomic E-state index is 12.6. The van der Waals surface area contributed by atoms with Crippen molar-refractivity contribution in [3.8, 4) is 0 Å². The van der Waals surface area contributed by atoms with E-state index in [1.54, 1.807) is 24.3 Å². The molecule has 3 rings (SSSR count). The van der Waals surface area contributed by atoms with Crippen molar-refractivity contribution in [1.82, 2.24) is 15.1 Å². The third kappa shape index (κ3) is 4.64. The second-order valence-electron chi connectivity index (χ2n) is 7.92. The van der Waals surface area contributed by atoms with Crippen molar-refractivity contribution in [2.75, 3.05) is 38.5 Å². The molecule has 2 saturated heterocycles. The Balaban J connectivity index is 1.52. The van der Waals surface area contributed by atoms with E-state index in [1.807, 2.05) is 23.8 Å². The zero-order valence-corrected chi connectivity index (χ0v) is 16.8. The van der Waals surface area contributed by atoms with Gasteiger partial charge in [0.15, 0.2) is 0 Å². The predicted octanol–water partition coefficient (Wildman–Crippen LogP) is 2.69.